The van der Waals surface area contributed by atoms with Crippen LogP contribution in [0.2, 0.25) is 0 Å². The van der Waals surface area contributed by atoms with Crippen LogP contribution in [-0.2, 0) is 16.2 Å². The molecule has 7 aromatic rings. The van der Waals surface area contributed by atoms with Crippen molar-refractivity contribution in [3.63, 3.8) is 0 Å². The van der Waals surface area contributed by atoms with Crippen molar-refractivity contribution >= 4 is 5.57 Å². The van der Waals surface area contributed by atoms with Crippen LogP contribution in [0.25, 0.3) is 62.5 Å². The molecule has 0 N–H and O–H groups in total. The lowest BCUT2D eigenvalue weighted by Gasteiger charge is -2.31. The Balaban J connectivity index is 1.19. The van der Waals surface area contributed by atoms with E-state index in [4.69, 9.17) is 8.83 Å². The van der Waals surface area contributed by atoms with Crippen LogP contribution in [0.15, 0.2) is 155 Å². The summed E-state index contributed by atoms with van der Waals surface area (Å²) in [6.45, 7) is 21.5. The highest BCUT2D eigenvalue weighted by atomic mass is 16.4. The number of benzene rings is 5. The van der Waals surface area contributed by atoms with Crippen molar-refractivity contribution in [3.8, 4) is 56.9 Å². The molecule has 9 rings (SSSR count). The molecule has 6 nitrogen and oxygen atoms in total. The fourth-order valence-electron chi connectivity index (χ4n) is 8.33. The number of aromatic nitrogens is 4. The Kier molecular flexibility index (Phi) is 7.98. The molecule has 0 radical (unpaired) electrons. The topological polar surface area (TPSA) is 77.8 Å². The summed E-state index contributed by atoms with van der Waals surface area (Å²) in [5.41, 5.74) is 17.1. The molecule has 1 atom stereocenters. The van der Waals surface area contributed by atoms with E-state index < -0.39 is 5.41 Å². The van der Waals surface area contributed by atoms with Gasteiger partial charge in [-0.1, -0.05) is 128 Å². The summed E-state index contributed by atoms with van der Waals surface area (Å²) in [7, 11) is 0. The summed E-state index contributed by atoms with van der Waals surface area (Å²) in [5.74, 6) is 1.84. The van der Waals surface area contributed by atoms with E-state index in [2.05, 4.69) is 166 Å². The summed E-state index contributed by atoms with van der Waals surface area (Å²) >= 11 is 0. The molecule has 0 fully saturated rings. The maximum atomic E-state index is 6.39. The highest BCUT2D eigenvalue weighted by Gasteiger charge is 2.53. The average molecular weight is 731 g/mol. The van der Waals surface area contributed by atoms with Crippen LogP contribution in [-0.4, -0.2) is 20.4 Å². The first-order valence-corrected chi connectivity index (χ1v) is 18.9. The van der Waals surface area contributed by atoms with E-state index in [-0.39, 0.29) is 10.8 Å². The first-order chi connectivity index (χ1) is 26.9. The van der Waals surface area contributed by atoms with Crippen molar-refractivity contribution in [3.05, 3.63) is 179 Å². The number of hydrogen-bond donors (Lipinski definition) is 0. The maximum absolute atomic E-state index is 6.39. The number of allylic oxidation sites excluding steroid dienone is 4. The van der Waals surface area contributed by atoms with Crippen LogP contribution in [0.3, 0.4) is 0 Å². The SMILES string of the molecule is C=C=C1/C(=C\C=C)[C@@]2(c3cc(-c4nnc(-c5ccc(C(C)(C)C)cc5)o4)ccc31)c1ccccc1-c1ccc(-c3nnc(-c4ccc(C(C)(C)C)cc4)o3)cc12. The van der Waals surface area contributed by atoms with Gasteiger partial charge in [0.25, 0.3) is 0 Å². The van der Waals surface area contributed by atoms with Crippen LogP contribution < -0.4 is 0 Å². The molecule has 56 heavy (non-hydrogen) atoms. The average Bonchev–Trinajstić information content (AvgIpc) is 3.99. The second kappa shape index (κ2) is 12.7. The lowest BCUT2D eigenvalue weighted by Crippen LogP contribution is -2.26. The monoisotopic (exact) mass is 730 g/mol. The predicted molar refractivity (Wildman–Crippen MR) is 224 cm³/mol. The quantitative estimate of drug-likeness (QED) is 0.164. The van der Waals surface area contributed by atoms with Crippen molar-refractivity contribution in [1.29, 1.82) is 0 Å². The molecular weight excluding hydrogens is 689 g/mol. The number of rotatable bonds is 5. The Morgan fingerprint density at radius 3 is 1.45 bits per heavy atom. The van der Waals surface area contributed by atoms with Gasteiger partial charge in [0, 0.05) is 27.8 Å². The molecule has 0 saturated heterocycles. The zero-order valence-corrected chi connectivity index (χ0v) is 32.6. The van der Waals surface area contributed by atoms with Crippen LogP contribution in [0.4, 0.5) is 0 Å². The molecule has 5 aromatic carbocycles. The van der Waals surface area contributed by atoms with Crippen molar-refractivity contribution in [2.24, 2.45) is 0 Å². The molecule has 2 aromatic heterocycles. The van der Waals surface area contributed by atoms with Crippen LogP contribution in [0, 0.1) is 0 Å². The fourth-order valence-corrected chi connectivity index (χ4v) is 8.33. The highest BCUT2D eigenvalue weighted by molar-refractivity contribution is 6.00. The summed E-state index contributed by atoms with van der Waals surface area (Å²) in [5, 5.41) is 18.1. The van der Waals surface area contributed by atoms with E-state index in [0.717, 1.165) is 66.8 Å². The Labute approximate surface area is 327 Å². The summed E-state index contributed by atoms with van der Waals surface area (Å²) < 4.78 is 12.8. The number of fused-ring (bicyclic) bond motifs is 7. The van der Waals surface area contributed by atoms with Crippen LogP contribution in [0.5, 0.6) is 0 Å². The van der Waals surface area contributed by atoms with Gasteiger partial charge in [0.15, 0.2) is 0 Å². The van der Waals surface area contributed by atoms with Gasteiger partial charge < -0.3 is 8.83 Å². The van der Waals surface area contributed by atoms with E-state index in [9.17, 15) is 0 Å². The van der Waals surface area contributed by atoms with Gasteiger partial charge in [-0.25, -0.2) is 0 Å². The summed E-state index contributed by atoms with van der Waals surface area (Å²) in [6.07, 6.45) is 3.93. The number of hydrogen-bond acceptors (Lipinski definition) is 6. The number of nitrogens with zero attached hydrogens (tertiary/aromatic N) is 4. The zero-order chi connectivity index (χ0) is 39.0. The van der Waals surface area contributed by atoms with Crippen LogP contribution >= 0.6 is 0 Å². The summed E-state index contributed by atoms with van der Waals surface area (Å²) in [4.78, 5) is 0. The zero-order valence-electron chi connectivity index (χ0n) is 32.6. The van der Waals surface area contributed by atoms with Gasteiger partial charge in [-0.3, -0.25) is 0 Å². The van der Waals surface area contributed by atoms with Gasteiger partial charge in [-0.15, -0.1) is 26.1 Å². The molecule has 0 bridgehead atoms. The minimum absolute atomic E-state index is 0.0437. The minimum atomic E-state index is -0.737. The second-order valence-corrected chi connectivity index (χ2v) is 16.7. The predicted octanol–water partition coefficient (Wildman–Crippen LogP) is 12.3. The molecule has 274 valence electrons. The molecule has 2 heterocycles. The second-order valence-electron chi connectivity index (χ2n) is 16.7. The molecule has 0 saturated carbocycles. The van der Waals surface area contributed by atoms with Gasteiger partial charge in [-0.2, -0.15) is 0 Å². The van der Waals surface area contributed by atoms with Crippen molar-refractivity contribution in [1.82, 2.24) is 20.4 Å². The molecule has 1 spiro atoms. The molecular formula is C50H42N4O2. The van der Waals surface area contributed by atoms with Crippen LogP contribution in [0.1, 0.15) is 74.9 Å². The third-order valence-corrected chi connectivity index (χ3v) is 11.2. The molecule has 2 aliphatic rings. The lowest BCUT2D eigenvalue weighted by molar-refractivity contribution is 0.581. The fraction of sp³-hybridized carbons (Fsp3) is 0.180. The molecule has 0 aliphatic heterocycles. The third-order valence-electron chi connectivity index (χ3n) is 11.2. The first kappa shape index (κ1) is 35.1. The van der Waals surface area contributed by atoms with E-state index in [0.29, 0.717) is 23.6 Å². The summed E-state index contributed by atoms with van der Waals surface area (Å²) in [6, 6.07) is 38.0. The van der Waals surface area contributed by atoms with E-state index in [1.807, 2.05) is 36.4 Å². The van der Waals surface area contributed by atoms with E-state index in [1.165, 1.54) is 11.1 Å². The normalized spacial score (nSPS) is 16.5. The third kappa shape index (κ3) is 5.40. The van der Waals surface area contributed by atoms with Gasteiger partial charge >= 0.3 is 0 Å². The largest absolute Gasteiger partial charge is 0.416 e. The molecule has 6 heteroatoms. The van der Waals surface area contributed by atoms with Crippen molar-refractivity contribution in [2.75, 3.05) is 0 Å². The Hall–Kier alpha value is -6.62. The lowest BCUT2D eigenvalue weighted by atomic mass is 9.70. The molecule has 0 unspecified atom stereocenters. The van der Waals surface area contributed by atoms with Gasteiger partial charge in [-0.05, 0) is 109 Å². The Bertz CT molecular complexity index is 2780. The first-order valence-electron chi connectivity index (χ1n) is 18.9. The Morgan fingerprint density at radius 2 is 0.964 bits per heavy atom. The van der Waals surface area contributed by atoms with Gasteiger partial charge in [0.1, 0.15) is 0 Å². The molecule has 2 aliphatic carbocycles. The smallest absolute Gasteiger partial charge is 0.248 e. The van der Waals surface area contributed by atoms with Crippen molar-refractivity contribution < 1.29 is 8.83 Å². The van der Waals surface area contributed by atoms with E-state index in [1.54, 1.807) is 0 Å². The minimum Gasteiger partial charge on any atom is -0.416 e. The van der Waals surface area contributed by atoms with E-state index >= 15 is 0 Å². The maximum Gasteiger partial charge on any atom is 0.248 e. The molecule has 0 amide bonds. The highest BCUT2D eigenvalue weighted by Crippen LogP contribution is 2.64. The van der Waals surface area contributed by atoms with Crippen molar-refractivity contribution in [2.45, 2.75) is 57.8 Å². The Morgan fingerprint density at radius 1 is 0.536 bits per heavy atom. The standard InChI is InChI=1S/C50H42N4O2/c1-9-13-40-36(10-2)38-26-20-32(46-53-51-44(55-46)30-16-22-34(23-17-30)48(3,4)5)28-42(38)50(40)41-15-12-11-14-37(41)39-27-21-33(29-43(39)50)47-54-52-45(56-47)31-18-24-35(25-19-31)49(6,7)8/h9,11-29H,1-2H2,3-8H3/b40-13+/t50-/m0/s1. The van der Waals surface area contributed by atoms with Gasteiger partial charge in [0.2, 0.25) is 23.6 Å². The van der Waals surface area contributed by atoms with Gasteiger partial charge in [0.05, 0.1) is 5.41 Å².